The highest BCUT2D eigenvalue weighted by Gasteiger charge is 2.15. The molecule has 0 aliphatic heterocycles. The normalized spacial score (nSPS) is 11.8. The van der Waals surface area contributed by atoms with Gasteiger partial charge in [0.05, 0.1) is 29.2 Å². The van der Waals surface area contributed by atoms with Gasteiger partial charge >= 0.3 is 0 Å². The number of nitrogens with zero attached hydrogens (tertiary/aromatic N) is 3. The first-order chi connectivity index (χ1) is 10.9. The van der Waals surface area contributed by atoms with Gasteiger partial charge in [0.15, 0.2) is 9.84 Å². The van der Waals surface area contributed by atoms with Crippen LogP contribution in [0.4, 0.5) is 0 Å². The summed E-state index contributed by atoms with van der Waals surface area (Å²) < 4.78 is 30.7. The lowest BCUT2D eigenvalue weighted by Crippen LogP contribution is -1.99. The fourth-order valence-corrected chi connectivity index (χ4v) is 3.17. The van der Waals surface area contributed by atoms with E-state index in [0.29, 0.717) is 17.8 Å². The standard InChI is InChI=1S/C16H17N3O3S/c1-4-19-15-6-5-13(23(3,20)21)8-14(15)18-16(19)11-7-12(22-2)10-17-9-11/h5-10H,4H2,1-3H3. The maximum Gasteiger partial charge on any atom is 0.175 e. The first-order valence-corrected chi connectivity index (χ1v) is 9.03. The van der Waals surface area contributed by atoms with Crippen molar-refractivity contribution in [2.24, 2.45) is 0 Å². The summed E-state index contributed by atoms with van der Waals surface area (Å²) in [5, 5.41) is 0. The van der Waals surface area contributed by atoms with Crippen molar-refractivity contribution in [2.75, 3.05) is 13.4 Å². The van der Waals surface area contributed by atoms with E-state index in [1.807, 2.05) is 17.6 Å². The Morgan fingerprint density at radius 3 is 2.65 bits per heavy atom. The lowest BCUT2D eigenvalue weighted by Gasteiger charge is -2.07. The van der Waals surface area contributed by atoms with Crippen molar-refractivity contribution in [3.8, 4) is 17.1 Å². The molecule has 1 aromatic carbocycles. The molecule has 0 atom stereocenters. The maximum atomic E-state index is 11.7. The Morgan fingerprint density at radius 2 is 2.00 bits per heavy atom. The highest BCUT2D eigenvalue weighted by atomic mass is 32.2. The number of aromatic nitrogens is 3. The van der Waals surface area contributed by atoms with E-state index < -0.39 is 9.84 Å². The molecule has 0 bridgehead atoms. The monoisotopic (exact) mass is 331 g/mol. The van der Waals surface area contributed by atoms with Crippen LogP contribution in [0.25, 0.3) is 22.4 Å². The van der Waals surface area contributed by atoms with Crippen LogP contribution < -0.4 is 4.74 Å². The van der Waals surface area contributed by atoms with Gasteiger partial charge in [-0.25, -0.2) is 13.4 Å². The fraction of sp³-hybridized carbons (Fsp3) is 0.250. The van der Waals surface area contributed by atoms with Crippen molar-refractivity contribution < 1.29 is 13.2 Å². The maximum absolute atomic E-state index is 11.7. The van der Waals surface area contributed by atoms with Crippen molar-refractivity contribution in [1.82, 2.24) is 14.5 Å². The highest BCUT2D eigenvalue weighted by molar-refractivity contribution is 7.90. The molecular formula is C16H17N3O3S. The molecular weight excluding hydrogens is 314 g/mol. The Hall–Kier alpha value is -2.41. The summed E-state index contributed by atoms with van der Waals surface area (Å²) >= 11 is 0. The van der Waals surface area contributed by atoms with E-state index >= 15 is 0 Å². The molecule has 0 radical (unpaired) electrons. The minimum Gasteiger partial charge on any atom is -0.495 e. The summed E-state index contributed by atoms with van der Waals surface area (Å²) in [4.78, 5) is 9.03. The van der Waals surface area contributed by atoms with Gasteiger partial charge in [-0.05, 0) is 31.2 Å². The van der Waals surface area contributed by atoms with E-state index in [4.69, 9.17) is 4.74 Å². The smallest absolute Gasteiger partial charge is 0.175 e. The molecule has 0 saturated carbocycles. The SMILES string of the molecule is CCn1c(-c2cncc(OC)c2)nc2cc(S(C)(=O)=O)ccc21. The van der Waals surface area contributed by atoms with Crippen molar-refractivity contribution in [1.29, 1.82) is 0 Å². The molecule has 3 rings (SSSR count). The predicted octanol–water partition coefficient (Wildman–Crippen LogP) is 2.53. The number of methoxy groups -OCH3 is 1. The summed E-state index contributed by atoms with van der Waals surface area (Å²) in [5.41, 5.74) is 2.36. The third-order valence-corrected chi connectivity index (χ3v) is 4.78. The average molecular weight is 331 g/mol. The largest absolute Gasteiger partial charge is 0.495 e. The molecule has 0 saturated heterocycles. The molecule has 0 unspecified atom stereocenters. The zero-order chi connectivity index (χ0) is 16.6. The number of aryl methyl sites for hydroxylation is 1. The second-order valence-electron chi connectivity index (χ2n) is 5.22. The Labute approximate surface area is 134 Å². The van der Waals surface area contributed by atoms with Crippen LogP contribution in [-0.4, -0.2) is 36.3 Å². The Kier molecular flexibility index (Phi) is 3.81. The van der Waals surface area contributed by atoms with E-state index in [2.05, 4.69) is 9.97 Å². The molecule has 23 heavy (non-hydrogen) atoms. The zero-order valence-electron chi connectivity index (χ0n) is 13.1. The lowest BCUT2D eigenvalue weighted by atomic mass is 10.2. The van der Waals surface area contributed by atoms with Crippen molar-refractivity contribution in [3.63, 3.8) is 0 Å². The molecule has 2 heterocycles. The minimum absolute atomic E-state index is 0.265. The molecule has 0 amide bonds. The van der Waals surface area contributed by atoms with Gasteiger partial charge in [-0.1, -0.05) is 0 Å². The highest BCUT2D eigenvalue weighted by Crippen LogP contribution is 2.28. The van der Waals surface area contributed by atoms with Crippen LogP contribution in [0.15, 0.2) is 41.6 Å². The molecule has 0 fully saturated rings. The molecule has 0 aliphatic rings. The van der Waals surface area contributed by atoms with Crippen molar-refractivity contribution in [2.45, 2.75) is 18.4 Å². The number of rotatable bonds is 4. The van der Waals surface area contributed by atoms with E-state index in [1.165, 1.54) is 6.26 Å². The molecule has 2 aromatic heterocycles. The number of hydrogen-bond acceptors (Lipinski definition) is 5. The minimum atomic E-state index is -3.26. The van der Waals surface area contributed by atoms with Gasteiger partial charge in [-0.15, -0.1) is 0 Å². The number of imidazole rings is 1. The van der Waals surface area contributed by atoms with Gasteiger partial charge in [0.25, 0.3) is 0 Å². The first kappa shape index (κ1) is 15.5. The topological polar surface area (TPSA) is 74.1 Å². The molecule has 0 N–H and O–H groups in total. The van der Waals surface area contributed by atoms with Crippen molar-refractivity contribution >= 4 is 20.9 Å². The van der Waals surface area contributed by atoms with Gasteiger partial charge in [0.2, 0.25) is 0 Å². The van der Waals surface area contributed by atoms with Gasteiger partial charge in [0.1, 0.15) is 11.6 Å². The second-order valence-corrected chi connectivity index (χ2v) is 7.23. The van der Waals surface area contributed by atoms with Gasteiger partial charge in [-0.3, -0.25) is 4.98 Å². The van der Waals surface area contributed by atoms with Crippen LogP contribution in [0.5, 0.6) is 5.75 Å². The summed E-state index contributed by atoms with van der Waals surface area (Å²) in [6.45, 7) is 2.73. The van der Waals surface area contributed by atoms with Crippen LogP contribution in [-0.2, 0) is 16.4 Å². The summed E-state index contributed by atoms with van der Waals surface area (Å²) in [6, 6.07) is 6.87. The fourth-order valence-electron chi connectivity index (χ4n) is 2.53. The molecule has 6 nitrogen and oxygen atoms in total. The van der Waals surface area contributed by atoms with E-state index in [-0.39, 0.29) is 4.90 Å². The third kappa shape index (κ3) is 2.79. The van der Waals surface area contributed by atoms with E-state index in [1.54, 1.807) is 37.7 Å². The quantitative estimate of drug-likeness (QED) is 0.734. The molecule has 120 valence electrons. The Bertz CT molecular complexity index is 977. The second kappa shape index (κ2) is 5.66. The molecule has 7 heteroatoms. The summed E-state index contributed by atoms with van der Waals surface area (Å²) in [5.74, 6) is 1.38. The van der Waals surface area contributed by atoms with E-state index in [9.17, 15) is 8.42 Å². The number of fused-ring (bicyclic) bond motifs is 1. The molecule has 3 aromatic rings. The van der Waals surface area contributed by atoms with Crippen LogP contribution >= 0.6 is 0 Å². The van der Waals surface area contributed by atoms with Crippen LogP contribution in [0.3, 0.4) is 0 Å². The van der Waals surface area contributed by atoms with Gasteiger partial charge < -0.3 is 9.30 Å². The Morgan fingerprint density at radius 1 is 1.22 bits per heavy atom. The molecule has 0 spiro atoms. The number of hydrogen-bond donors (Lipinski definition) is 0. The third-order valence-electron chi connectivity index (χ3n) is 3.67. The number of ether oxygens (including phenoxy) is 1. The average Bonchev–Trinajstić information content (AvgIpc) is 2.91. The van der Waals surface area contributed by atoms with Crippen LogP contribution in [0.2, 0.25) is 0 Å². The van der Waals surface area contributed by atoms with E-state index in [0.717, 1.165) is 16.9 Å². The van der Waals surface area contributed by atoms with Crippen molar-refractivity contribution in [3.05, 3.63) is 36.7 Å². The molecule has 0 aliphatic carbocycles. The number of sulfone groups is 1. The van der Waals surface area contributed by atoms with Crippen LogP contribution in [0.1, 0.15) is 6.92 Å². The Balaban J connectivity index is 2.24. The van der Waals surface area contributed by atoms with Crippen LogP contribution in [0, 0.1) is 0 Å². The first-order valence-electron chi connectivity index (χ1n) is 7.13. The summed E-state index contributed by atoms with van der Waals surface area (Å²) in [6.07, 6.45) is 4.54. The zero-order valence-corrected chi connectivity index (χ0v) is 14.0. The number of pyridine rings is 1. The predicted molar refractivity (Wildman–Crippen MR) is 88.3 cm³/mol. The number of benzene rings is 1. The summed E-state index contributed by atoms with van der Waals surface area (Å²) in [7, 11) is -1.68. The van der Waals surface area contributed by atoms with Gasteiger partial charge in [0, 0.05) is 24.6 Å². The lowest BCUT2D eigenvalue weighted by molar-refractivity contribution is 0.413. The van der Waals surface area contributed by atoms with Gasteiger partial charge in [-0.2, -0.15) is 0 Å².